The van der Waals surface area contributed by atoms with Crippen LogP contribution in [0.25, 0.3) is 0 Å². The molecular weight excluding hydrogens is 316 g/mol. The first-order chi connectivity index (χ1) is 11.4. The van der Waals surface area contributed by atoms with Crippen molar-refractivity contribution in [3.8, 4) is 5.75 Å². The third-order valence-electron chi connectivity index (χ3n) is 3.87. The second kappa shape index (κ2) is 8.21. The summed E-state index contributed by atoms with van der Waals surface area (Å²) in [5.74, 6) is 0.161. The number of halogens is 2. The molecule has 1 aromatic heterocycles. The zero-order valence-electron chi connectivity index (χ0n) is 14.2. The molecule has 1 N–H and O–H groups in total. The van der Waals surface area contributed by atoms with E-state index in [1.165, 1.54) is 0 Å². The van der Waals surface area contributed by atoms with E-state index in [-0.39, 0.29) is 12.4 Å². The molecular formula is C17H23F2N3O2. The highest BCUT2D eigenvalue weighted by Gasteiger charge is 2.13. The minimum atomic E-state index is -2.81. The molecule has 0 atom stereocenters. The summed E-state index contributed by atoms with van der Waals surface area (Å²) in [6.07, 6.45) is 0. The molecule has 0 amide bonds. The summed E-state index contributed by atoms with van der Waals surface area (Å²) < 4.78 is 30.5. The quantitative estimate of drug-likeness (QED) is 0.803. The van der Waals surface area contributed by atoms with Crippen molar-refractivity contribution in [3.63, 3.8) is 0 Å². The molecule has 24 heavy (non-hydrogen) atoms. The molecule has 0 radical (unpaired) electrons. The summed E-state index contributed by atoms with van der Waals surface area (Å²) in [6, 6.07) is 6.66. The van der Waals surface area contributed by atoms with Gasteiger partial charge in [-0.15, -0.1) is 0 Å². The normalized spacial score (nSPS) is 11.5. The van der Waals surface area contributed by atoms with Gasteiger partial charge in [0.05, 0.1) is 18.8 Å². The van der Waals surface area contributed by atoms with Crippen molar-refractivity contribution in [2.24, 2.45) is 0 Å². The molecule has 132 valence electrons. The van der Waals surface area contributed by atoms with Crippen LogP contribution in [0, 0.1) is 13.8 Å². The van der Waals surface area contributed by atoms with E-state index >= 15 is 0 Å². The Morgan fingerprint density at radius 2 is 1.88 bits per heavy atom. The first kappa shape index (κ1) is 18.4. The third-order valence-corrected chi connectivity index (χ3v) is 3.87. The highest BCUT2D eigenvalue weighted by atomic mass is 19.3. The molecule has 0 spiro atoms. The Kier molecular flexibility index (Phi) is 6.28. The van der Waals surface area contributed by atoms with Crippen molar-refractivity contribution in [1.29, 1.82) is 0 Å². The lowest BCUT2D eigenvalue weighted by Gasteiger charge is -2.17. The van der Waals surface area contributed by atoms with Gasteiger partial charge >= 0.3 is 6.61 Å². The molecule has 1 aromatic carbocycles. The average molecular weight is 339 g/mol. The molecule has 2 aromatic rings. The predicted molar refractivity (Wildman–Crippen MR) is 87.0 cm³/mol. The van der Waals surface area contributed by atoms with E-state index in [4.69, 9.17) is 5.11 Å². The van der Waals surface area contributed by atoms with E-state index < -0.39 is 6.61 Å². The minimum Gasteiger partial charge on any atom is -0.435 e. The van der Waals surface area contributed by atoms with Gasteiger partial charge in [-0.3, -0.25) is 9.58 Å². The zero-order chi connectivity index (χ0) is 17.7. The fraction of sp³-hybridized carbons (Fsp3) is 0.471. The highest BCUT2D eigenvalue weighted by molar-refractivity contribution is 5.28. The van der Waals surface area contributed by atoms with Crippen LogP contribution in [-0.2, 0) is 19.6 Å². The van der Waals surface area contributed by atoms with Gasteiger partial charge in [0, 0.05) is 24.3 Å². The molecule has 0 aliphatic rings. The molecule has 1 heterocycles. The number of aliphatic hydroxyl groups is 1. The Labute approximate surface area is 140 Å². The summed E-state index contributed by atoms with van der Waals surface area (Å²) in [7, 11) is 1.99. The number of hydrogen-bond donors (Lipinski definition) is 1. The summed E-state index contributed by atoms with van der Waals surface area (Å²) in [5.41, 5.74) is 4.16. The van der Waals surface area contributed by atoms with Gasteiger partial charge in [0.1, 0.15) is 5.75 Å². The maximum atomic E-state index is 12.2. The van der Waals surface area contributed by atoms with E-state index in [9.17, 15) is 8.78 Å². The van der Waals surface area contributed by atoms with Gasteiger partial charge in [-0.1, -0.05) is 12.1 Å². The standard InChI is InChI=1S/C17H23F2N3O2/c1-12-16(13(2)22(20-12)8-9-23)11-21(3)10-14-4-6-15(7-5-14)24-17(18)19/h4-7,17,23H,8-11H2,1-3H3. The molecule has 5 nitrogen and oxygen atoms in total. The molecule has 0 bridgehead atoms. The minimum absolute atomic E-state index is 0.0598. The van der Waals surface area contributed by atoms with Gasteiger partial charge in [0.2, 0.25) is 0 Å². The maximum absolute atomic E-state index is 12.2. The number of rotatable bonds is 8. The van der Waals surface area contributed by atoms with Crippen molar-refractivity contribution in [3.05, 3.63) is 46.8 Å². The number of aryl methyl sites for hydroxylation is 1. The van der Waals surface area contributed by atoms with E-state index in [0.29, 0.717) is 13.1 Å². The Balaban J connectivity index is 1.99. The van der Waals surface area contributed by atoms with Crippen LogP contribution in [0.1, 0.15) is 22.5 Å². The maximum Gasteiger partial charge on any atom is 0.387 e. The second-order valence-corrected chi connectivity index (χ2v) is 5.79. The lowest BCUT2D eigenvalue weighted by Crippen LogP contribution is -2.18. The molecule has 7 heteroatoms. The monoisotopic (exact) mass is 339 g/mol. The average Bonchev–Trinajstić information content (AvgIpc) is 2.77. The van der Waals surface area contributed by atoms with Crippen molar-refractivity contribution in [1.82, 2.24) is 14.7 Å². The van der Waals surface area contributed by atoms with Crippen molar-refractivity contribution >= 4 is 0 Å². The van der Waals surface area contributed by atoms with E-state index in [1.807, 2.05) is 25.6 Å². The predicted octanol–water partition coefficient (Wildman–Crippen LogP) is 2.73. The zero-order valence-corrected chi connectivity index (χ0v) is 14.2. The summed E-state index contributed by atoms with van der Waals surface area (Å²) in [6.45, 7) is 3.10. The van der Waals surface area contributed by atoms with Crippen LogP contribution in [0.4, 0.5) is 8.78 Å². The smallest absolute Gasteiger partial charge is 0.387 e. The molecule has 0 saturated heterocycles. The van der Waals surface area contributed by atoms with Crippen LogP contribution in [-0.4, -0.2) is 40.1 Å². The number of ether oxygens (including phenoxy) is 1. The van der Waals surface area contributed by atoms with Crippen LogP contribution in [0.15, 0.2) is 24.3 Å². The van der Waals surface area contributed by atoms with Gasteiger partial charge in [-0.25, -0.2) is 0 Å². The summed E-state index contributed by atoms with van der Waals surface area (Å²) >= 11 is 0. The van der Waals surface area contributed by atoms with Crippen molar-refractivity contribution in [2.45, 2.75) is 40.1 Å². The van der Waals surface area contributed by atoms with Crippen molar-refractivity contribution in [2.75, 3.05) is 13.7 Å². The lowest BCUT2D eigenvalue weighted by molar-refractivity contribution is -0.0498. The van der Waals surface area contributed by atoms with E-state index in [0.717, 1.165) is 29.1 Å². The van der Waals surface area contributed by atoms with Gasteiger partial charge in [-0.2, -0.15) is 13.9 Å². The van der Waals surface area contributed by atoms with E-state index in [2.05, 4.69) is 14.7 Å². The molecule has 0 unspecified atom stereocenters. The Hall–Kier alpha value is -1.99. The van der Waals surface area contributed by atoms with Crippen LogP contribution in [0.2, 0.25) is 0 Å². The Morgan fingerprint density at radius 1 is 1.21 bits per heavy atom. The highest BCUT2D eigenvalue weighted by Crippen LogP contribution is 2.18. The Bertz CT molecular complexity index is 657. The number of alkyl halides is 2. The first-order valence-electron chi connectivity index (χ1n) is 7.76. The number of aliphatic hydroxyl groups excluding tert-OH is 1. The summed E-state index contributed by atoms with van der Waals surface area (Å²) in [5, 5.41) is 13.5. The van der Waals surface area contributed by atoms with Crippen LogP contribution in [0.3, 0.4) is 0 Å². The summed E-state index contributed by atoms with van der Waals surface area (Å²) in [4.78, 5) is 2.13. The van der Waals surface area contributed by atoms with Crippen LogP contribution < -0.4 is 4.74 Å². The number of nitrogens with zero attached hydrogens (tertiary/aromatic N) is 3. The Morgan fingerprint density at radius 3 is 2.46 bits per heavy atom. The second-order valence-electron chi connectivity index (χ2n) is 5.79. The molecule has 0 fully saturated rings. The lowest BCUT2D eigenvalue weighted by atomic mass is 10.1. The fourth-order valence-electron chi connectivity index (χ4n) is 2.69. The number of benzene rings is 1. The largest absolute Gasteiger partial charge is 0.435 e. The molecule has 0 aliphatic heterocycles. The van der Waals surface area contributed by atoms with Crippen LogP contribution >= 0.6 is 0 Å². The molecule has 0 aliphatic carbocycles. The number of hydrogen-bond acceptors (Lipinski definition) is 4. The van der Waals surface area contributed by atoms with Gasteiger partial charge in [0.25, 0.3) is 0 Å². The van der Waals surface area contributed by atoms with Gasteiger partial charge < -0.3 is 9.84 Å². The van der Waals surface area contributed by atoms with E-state index in [1.54, 1.807) is 24.3 Å². The first-order valence-corrected chi connectivity index (χ1v) is 7.76. The topological polar surface area (TPSA) is 50.5 Å². The van der Waals surface area contributed by atoms with Crippen LogP contribution in [0.5, 0.6) is 5.75 Å². The fourth-order valence-corrected chi connectivity index (χ4v) is 2.69. The number of aromatic nitrogens is 2. The molecule has 0 saturated carbocycles. The molecule has 2 rings (SSSR count). The van der Waals surface area contributed by atoms with Crippen molar-refractivity contribution < 1.29 is 18.6 Å². The van der Waals surface area contributed by atoms with Gasteiger partial charge in [-0.05, 0) is 38.6 Å². The third kappa shape index (κ3) is 4.75. The van der Waals surface area contributed by atoms with Gasteiger partial charge in [0.15, 0.2) is 0 Å². The SMILES string of the molecule is Cc1nn(CCO)c(C)c1CN(C)Cc1ccc(OC(F)F)cc1.